The second-order valence-electron chi connectivity index (χ2n) is 5.27. The summed E-state index contributed by atoms with van der Waals surface area (Å²) in [5, 5.41) is 11.4. The number of nitrogens with zero attached hydrogens (tertiary/aromatic N) is 1. The van der Waals surface area contributed by atoms with E-state index in [0.29, 0.717) is 17.7 Å². The molecule has 7 nitrogen and oxygen atoms in total. The van der Waals surface area contributed by atoms with Gasteiger partial charge in [0.05, 0.1) is 25.0 Å². The standard InChI is InChI=1S/C18H27NO6.Na/c1-4-7-9-11-15(20)19(16(21)12-10-8-5-2)14(18(23)24)13-17(22)25-6-3;/h9-12,14H,4-8,13H2,1-3H3,(H,23,24);/q;+1/p-1/b11-9+,12-10+;. The first kappa shape index (κ1) is 26.8. The van der Waals surface area contributed by atoms with Gasteiger partial charge in [-0.25, -0.2) is 0 Å². The Balaban J connectivity index is 0. The van der Waals surface area contributed by atoms with E-state index in [9.17, 15) is 24.3 Å². The molecule has 8 heteroatoms. The molecule has 0 fully saturated rings. The Morgan fingerprint density at radius 1 is 0.962 bits per heavy atom. The maximum Gasteiger partial charge on any atom is 1.00 e. The number of carboxylic acids is 1. The molecule has 0 aromatic rings. The monoisotopic (exact) mass is 375 g/mol. The summed E-state index contributed by atoms with van der Waals surface area (Å²) in [6.07, 6.45) is 7.51. The van der Waals surface area contributed by atoms with Gasteiger partial charge in [-0.05, 0) is 31.9 Å². The number of ether oxygens (including phenoxy) is 1. The molecule has 0 aromatic carbocycles. The minimum Gasteiger partial charge on any atom is -0.548 e. The van der Waals surface area contributed by atoms with Crippen molar-refractivity contribution < 1.29 is 58.6 Å². The van der Waals surface area contributed by atoms with Gasteiger partial charge in [0.1, 0.15) is 0 Å². The van der Waals surface area contributed by atoms with Crippen molar-refractivity contribution in [3.05, 3.63) is 24.3 Å². The van der Waals surface area contributed by atoms with Gasteiger partial charge in [-0.15, -0.1) is 0 Å². The fourth-order valence-corrected chi connectivity index (χ4v) is 1.94. The van der Waals surface area contributed by atoms with Crippen LogP contribution in [0.3, 0.4) is 0 Å². The zero-order chi connectivity index (χ0) is 19.2. The second-order valence-corrected chi connectivity index (χ2v) is 5.27. The maximum absolute atomic E-state index is 12.3. The molecule has 0 N–H and O–H groups in total. The molecule has 0 aliphatic heterocycles. The van der Waals surface area contributed by atoms with E-state index in [-0.39, 0.29) is 36.2 Å². The Kier molecular flexibility index (Phi) is 16.3. The summed E-state index contributed by atoms with van der Waals surface area (Å²) in [6.45, 7) is 5.46. The number of imide groups is 1. The number of allylic oxidation sites excluding steroid dienone is 2. The Bertz CT molecular complexity index is 502. The SMILES string of the molecule is CCC/C=C/C(=O)N(C(=O)/C=C/CCC)C(CC(=O)OCC)C(=O)[O-].[Na+]. The van der Waals surface area contributed by atoms with E-state index in [1.807, 2.05) is 13.8 Å². The summed E-state index contributed by atoms with van der Waals surface area (Å²) < 4.78 is 4.71. The first-order chi connectivity index (χ1) is 11.9. The molecular weight excluding hydrogens is 349 g/mol. The van der Waals surface area contributed by atoms with Crippen LogP contribution in [-0.4, -0.2) is 41.3 Å². The van der Waals surface area contributed by atoms with E-state index >= 15 is 0 Å². The van der Waals surface area contributed by atoms with Crippen LogP contribution in [0.15, 0.2) is 24.3 Å². The van der Waals surface area contributed by atoms with Gasteiger partial charge in [0.2, 0.25) is 0 Å². The summed E-state index contributed by atoms with van der Waals surface area (Å²) >= 11 is 0. The van der Waals surface area contributed by atoms with E-state index < -0.39 is 36.2 Å². The predicted molar refractivity (Wildman–Crippen MR) is 90.0 cm³/mol. The molecule has 0 aliphatic rings. The molecule has 0 heterocycles. The molecule has 0 aliphatic carbocycles. The number of rotatable bonds is 11. The van der Waals surface area contributed by atoms with Crippen LogP contribution in [0.25, 0.3) is 0 Å². The van der Waals surface area contributed by atoms with Gasteiger partial charge in [-0.1, -0.05) is 38.8 Å². The summed E-state index contributed by atoms with van der Waals surface area (Å²) in [7, 11) is 0. The van der Waals surface area contributed by atoms with Crippen LogP contribution < -0.4 is 34.7 Å². The van der Waals surface area contributed by atoms with Gasteiger partial charge in [0, 0.05) is 0 Å². The fourth-order valence-electron chi connectivity index (χ4n) is 1.94. The van der Waals surface area contributed by atoms with E-state index in [4.69, 9.17) is 4.74 Å². The van der Waals surface area contributed by atoms with E-state index in [0.717, 1.165) is 25.0 Å². The third-order valence-corrected chi connectivity index (χ3v) is 3.16. The fraction of sp³-hybridized carbons (Fsp3) is 0.556. The quantitative estimate of drug-likeness (QED) is 0.238. The molecule has 1 unspecified atom stereocenters. The zero-order valence-electron chi connectivity index (χ0n) is 16.0. The first-order valence-corrected chi connectivity index (χ1v) is 8.45. The van der Waals surface area contributed by atoms with E-state index in [1.54, 1.807) is 19.1 Å². The maximum atomic E-state index is 12.3. The van der Waals surface area contributed by atoms with Crippen molar-refractivity contribution in [3.63, 3.8) is 0 Å². The Hall–Kier alpha value is -1.44. The summed E-state index contributed by atoms with van der Waals surface area (Å²) in [4.78, 5) is 48.2. The van der Waals surface area contributed by atoms with Crippen LogP contribution in [0.1, 0.15) is 52.9 Å². The topological polar surface area (TPSA) is 104 Å². The summed E-state index contributed by atoms with van der Waals surface area (Å²) in [5.74, 6) is -4.13. The van der Waals surface area contributed by atoms with Crippen molar-refractivity contribution >= 4 is 23.8 Å². The van der Waals surface area contributed by atoms with Gasteiger partial charge < -0.3 is 14.6 Å². The third-order valence-electron chi connectivity index (χ3n) is 3.16. The molecule has 1 atom stereocenters. The first-order valence-electron chi connectivity index (χ1n) is 8.45. The molecule has 0 rings (SSSR count). The number of hydrogen-bond donors (Lipinski definition) is 0. The number of hydrogen-bond acceptors (Lipinski definition) is 6. The predicted octanol–water partition coefficient (Wildman–Crippen LogP) is -1.87. The van der Waals surface area contributed by atoms with Gasteiger partial charge in [-0.2, -0.15) is 0 Å². The zero-order valence-corrected chi connectivity index (χ0v) is 18.0. The van der Waals surface area contributed by atoms with Gasteiger partial charge >= 0.3 is 35.5 Å². The van der Waals surface area contributed by atoms with Crippen molar-refractivity contribution in [2.75, 3.05) is 6.61 Å². The van der Waals surface area contributed by atoms with Crippen LogP contribution in [-0.2, 0) is 23.9 Å². The molecular formula is C18H26NNaO6. The van der Waals surface area contributed by atoms with Crippen LogP contribution >= 0.6 is 0 Å². The van der Waals surface area contributed by atoms with E-state index in [1.165, 1.54) is 0 Å². The van der Waals surface area contributed by atoms with Gasteiger partial charge in [0.15, 0.2) is 0 Å². The van der Waals surface area contributed by atoms with Crippen LogP contribution in [0.2, 0.25) is 0 Å². The number of carbonyl (C=O) groups excluding carboxylic acids is 4. The van der Waals surface area contributed by atoms with Crippen LogP contribution in [0, 0.1) is 0 Å². The number of aliphatic carboxylic acids is 1. The minimum atomic E-state index is -1.73. The molecule has 0 radical (unpaired) electrons. The van der Waals surface area contributed by atoms with Crippen molar-refractivity contribution in [1.82, 2.24) is 4.90 Å². The molecule has 0 spiro atoms. The largest absolute Gasteiger partial charge is 1.00 e. The van der Waals surface area contributed by atoms with Gasteiger partial charge in [-0.3, -0.25) is 19.3 Å². The molecule has 0 saturated heterocycles. The van der Waals surface area contributed by atoms with E-state index in [2.05, 4.69) is 0 Å². The number of esters is 1. The summed E-state index contributed by atoms with van der Waals surface area (Å²) in [5.41, 5.74) is 0. The van der Waals surface area contributed by atoms with Crippen molar-refractivity contribution in [2.45, 2.75) is 58.9 Å². The third kappa shape index (κ3) is 10.5. The number of unbranched alkanes of at least 4 members (excludes halogenated alkanes) is 2. The summed E-state index contributed by atoms with van der Waals surface area (Å²) in [6, 6.07) is -1.73. The molecule has 140 valence electrons. The molecule has 0 bridgehead atoms. The van der Waals surface area contributed by atoms with Crippen LogP contribution in [0.4, 0.5) is 0 Å². The Morgan fingerprint density at radius 3 is 1.77 bits per heavy atom. The van der Waals surface area contributed by atoms with Gasteiger partial charge in [0.25, 0.3) is 11.8 Å². The number of amides is 2. The normalized spacial score (nSPS) is 11.8. The average Bonchev–Trinajstić information content (AvgIpc) is 2.54. The van der Waals surface area contributed by atoms with Crippen LogP contribution in [0.5, 0.6) is 0 Å². The average molecular weight is 375 g/mol. The Labute approximate surface area is 176 Å². The molecule has 26 heavy (non-hydrogen) atoms. The number of carboxylic acid groups (broad SMARTS) is 1. The molecule has 2 amide bonds. The Morgan fingerprint density at radius 2 is 1.42 bits per heavy atom. The second kappa shape index (κ2) is 15.8. The smallest absolute Gasteiger partial charge is 0.548 e. The van der Waals surface area contributed by atoms with Crippen molar-refractivity contribution in [2.24, 2.45) is 0 Å². The van der Waals surface area contributed by atoms with Crippen molar-refractivity contribution in [1.29, 1.82) is 0 Å². The minimum absolute atomic E-state index is 0. The molecule has 0 saturated carbocycles. The number of carbonyl (C=O) groups is 4. The molecule has 0 aromatic heterocycles. The van der Waals surface area contributed by atoms with Crippen molar-refractivity contribution in [3.8, 4) is 0 Å².